The van der Waals surface area contributed by atoms with Crippen molar-refractivity contribution in [2.45, 2.75) is 63.4 Å². The molecule has 152 valence electrons. The van der Waals surface area contributed by atoms with E-state index in [9.17, 15) is 9.59 Å². The summed E-state index contributed by atoms with van der Waals surface area (Å²) in [6.45, 7) is 12.4. The molecule has 6 heteroatoms. The van der Waals surface area contributed by atoms with Gasteiger partial charge in [-0.1, -0.05) is 56.7 Å². The fraction of sp³-hybridized carbons (Fsp3) is 0.500. The number of para-hydroxylation sites is 1. The zero-order valence-corrected chi connectivity index (χ0v) is 18.1. The largest absolute Gasteiger partial charge is 0.352 e. The summed E-state index contributed by atoms with van der Waals surface area (Å²) in [4.78, 5) is 30.2. The summed E-state index contributed by atoms with van der Waals surface area (Å²) in [7, 11) is 0. The second-order valence-corrected chi connectivity index (χ2v) is 8.86. The normalized spacial score (nSPS) is 13.5. The van der Waals surface area contributed by atoms with Gasteiger partial charge in [-0.3, -0.25) is 14.2 Å². The quantitative estimate of drug-likeness (QED) is 0.360. The van der Waals surface area contributed by atoms with Crippen molar-refractivity contribution in [3.8, 4) is 0 Å². The SMILES string of the molecule is C=CCNC(=O)[C@H](C)Sc1nc2ccccc2c(=O)n1[C@@H](C)CCCC(C)C. The second-order valence-electron chi connectivity index (χ2n) is 7.55. The van der Waals surface area contributed by atoms with Crippen LogP contribution in [0, 0.1) is 5.92 Å². The van der Waals surface area contributed by atoms with Gasteiger partial charge in [0.25, 0.3) is 5.56 Å². The van der Waals surface area contributed by atoms with Crippen LogP contribution in [0.1, 0.15) is 53.0 Å². The van der Waals surface area contributed by atoms with E-state index >= 15 is 0 Å². The number of benzene rings is 1. The summed E-state index contributed by atoms with van der Waals surface area (Å²) in [5, 5.41) is 3.66. The number of hydrogen-bond acceptors (Lipinski definition) is 4. The minimum Gasteiger partial charge on any atom is -0.352 e. The van der Waals surface area contributed by atoms with Crippen molar-refractivity contribution < 1.29 is 4.79 Å². The lowest BCUT2D eigenvalue weighted by Crippen LogP contribution is -2.32. The molecule has 0 radical (unpaired) electrons. The Hall–Kier alpha value is -2.08. The molecule has 5 nitrogen and oxygen atoms in total. The lowest BCUT2D eigenvalue weighted by molar-refractivity contribution is -0.120. The molecule has 0 saturated carbocycles. The van der Waals surface area contributed by atoms with Crippen LogP contribution in [-0.2, 0) is 4.79 Å². The van der Waals surface area contributed by atoms with E-state index in [2.05, 4.69) is 32.7 Å². The molecule has 2 atom stereocenters. The van der Waals surface area contributed by atoms with E-state index in [0.29, 0.717) is 28.5 Å². The molecular weight excluding hydrogens is 370 g/mol. The minimum atomic E-state index is -0.359. The predicted molar refractivity (Wildman–Crippen MR) is 118 cm³/mol. The number of rotatable bonds is 10. The van der Waals surface area contributed by atoms with Gasteiger partial charge in [0.15, 0.2) is 5.16 Å². The second kappa shape index (κ2) is 10.5. The maximum absolute atomic E-state index is 13.2. The third-order valence-corrected chi connectivity index (χ3v) is 5.76. The number of fused-ring (bicyclic) bond motifs is 1. The van der Waals surface area contributed by atoms with Crippen LogP contribution >= 0.6 is 11.8 Å². The van der Waals surface area contributed by atoms with Crippen molar-refractivity contribution in [2.24, 2.45) is 5.92 Å². The number of nitrogens with one attached hydrogen (secondary N) is 1. The van der Waals surface area contributed by atoms with Gasteiger partial charge >= 0.3 is 0 Å². The third-order valence-electron chi connectivity index (χ3n) is 4.69. The maximum atomic E-state index is 13.2. The van der Waals surface area contributed by atoms with Crippen LogP contribution in [0.15, 0.2) is 46.9 Å². The first-order valence-corrected chi connectivity index (χ1v) is 10.8. The van der Waals surface area contributed by atoms with Crippen LogP contribution in [-0.4, -0.2) is 27.3 Å². The number of aromatic nitrogens is 2. The van der Waals surface area contributed by atoms with Crippen LogP contribution < -0.4 is 10.9 Å². The highest BCUT2D eigenvalue weighted by atomic mass is 32.2. The fourth-order valence-electron chi connectivity index (χ4n) is 3.08. The average molecular weight is 402 g/mol. The number of thioether (sulfide) groups is 1. The molecule has 1 amide bonds. The molecule has 0 fully saturated rings. The first-order chi connectivity index (χ1) is 13.3. The van der Waals surface area contributed by atoms with Crippen molar-refractivity contribution in [2.75, 3.05) is 6.54 Å². The lowest BCUT2D eigenvalue weighted by atomic mass is 10.0. The van der Waals surface area contributed by atoms with E-state index < -0.39 is 0 Å². The van der Waals surface area contributed by atoms with Crippen molar-refractivity contribution in [3.05, 3.63) is 47.3 Å². The zero-order valence-electron chi connectivity index (χ0n) is 17.3. The molecule has 2 aromatic rings. The molecule has 0 aliphatic rings. The number of carbonyl (C=O) groups is 1. The van der Waals surface area contributed by atoms with Crippen LogP contribution in [0.2, 0.25) is 0 Å². The summed E-state index contributed by atoms with van der Waals surface area (Å²) in [6.07, 6.45) is 4.74. The van der Waals surface area contributed by atoms with Crippen LogP contribution in [0.4, 0.5) is 0 Å². The predicted octanol–water partition coefficient (Wildman–Crippen LogP) is 4.57. The van der Waals surface area contributed by atoms with E-state index in [-0.39, 0.29) is 22.8 Å². The number of carbonyl (C=O) groups excluding carboxylic acids is 1. The Labute approximate surface area is 171 Å². The van der Waals surface area contributed by atoms with Crippen LogP contribution in [0.3, 0.4) is 0 Å². The average Bonchev–Trinajstić information content (AvgIpc) is 2.65. The molecule has 0 bridgehead atoms. The molecule has 0 aliphatic carbocycles. The Morgan fingerprint density at radius 1 is 1.25 bits per heavy atom. The smallest absolute Gasteiger partial charge is 0.262 e. The maximum Gasteiger partial charge on any atom is 0.262 e. The molecule has 1 aromatic carbocycles. The number of amides is 1. The Kier molecular flexibility index (Phi) is 8.30. The Balaban J connectivity index is 2.37. The molecule has 0 saturated heterocycles. The van der Waals surface area contributed by atoms with E-state index in [1.54, 1.807) is 10.6 Å². The van der Waals surface area contributed by atoms with E-state index in [1.165, 1.54) is 11.8 Å². The standard InChI is InChI=1S/C22H31N3O2S/c1-6-14-23-20(26)17(5)28-22-24-19-13-8-7-12-18(19)21(27)25(22)16(4)11-9-10-15(2)3/h6-8,12-13,15-17H,1,9-11,14H2,2-5H3,(H,23,26)/t16-,17-/m0/s1. The molecule has 0 unspecified atom stereocenters. The monoisotopic (exact) mass is 401 g/mol. The van der Waals surface area contributed by atoms with Crippen molar-refractivity contribution in [1.29, 1.82) is 0 Å². The summed E-state index contributed by atoms with van der Waals surface area (Å²) in [5.74, 6) is 0.549. The Morgan fingerprint density at radius 3 is 2.64 bits per heavy atom. The van der Waals surface area contributed by atoms with Gasteiger partial charge in [0.05, 0.1) is 16.2 Å². The fourth-order valence-corrected chi connectivity index (χ4v) is 4.11. The first-order valence-electron chi connectivity index (χ1n) is 9.91. The van der Waals surface area contributed by atoms with E-state index in [0.717, 1.165) is 19.3 Å². The van der Waals surface area contributed by atoms with Crippen molar-refractivity contribution in [3.63, 3.8) is 0 Å². The van der Waals surface area contributed by atoms with Crippen LogP contribution in [0.25, 0.3) is 10.9 Å². The Morgan fingerprint density at radius 2 is 1.96 bits per heavy atom. The molecule has 1 heterocycles. The van der Waals surface area contributed by atoms with Crippen molar-refractivity contribution >= 4 is 28.6 Å². The van der Waals surface area contributed by atoms with Gasteiger partial charge in [0.1, 0.15) is 0 Å². The Bertz CT molecular complexity index is 876. The molecule has 0 aliphatic heterocycles. The van der Waals surface area contributed by atoms with E-state index in [4.69, 9.17) is 4.98 Å². The van der Waals surface area contributed by atoms with Gasteiger partial charge in [-0.25, -0.2) is 4.98 Å². The third kappa shape index (κ3) is 5.71. The topological polar surface area (TPSA) is 64.0 Å². The molecule has 1 N–H and O–H groups in total. The lowest BCUT2D eigenvalue weighted by Gasteiger charge is -2.21. The first kappa shape index (κ1) is 22.2. The summed E-state index contributed by atoms with van der Waals surface area (Å²) in [6, 6.07) is 7.42. The van der Waals surface area contributed by atoms with Gasteiger partial charge in [0.2, 0.25) is 5.91 Å². The summed E-state index contributed by atoms with van der Waals surface area (Å²) >= 11 is 1.33. The number of nitrogens with zero attached hydrogens (tertiary/aromatic N) is 2. The van der Waals surface area contributed by atoms with Gasteiger partial charge in [-0.05, 0) is 38.3 Å². The highest BCUT2D eigenvalue weighted by molar-refractivity contribution is 8.00. The van der Waals surface area contributed by atoms with Gasteiger partial charge in [-0.15, -0.1) is 6.58 Å². The highest BCUT2D eigenvalue weighted by Gasteiger charge is 2.21. The molecular formula is C22H31N3O2S. The van der Waals surface area contributed by atoms with Crippen molar-refractivity contribution in [1.82, 2.24) is 14.9 Å². The molecule has 0 spiro atoms. The van der Waals surface area contributed by atoms with Crippen LogP contribution in [0.5, 0.6) is 0 Å². The molecule has 2 rings (SSSR count). The zero-order chi connectivity index (χ0) is 20.7. The van der Waals surface area contributed by atoms with E-state index in [1.807, 2.05) is 31.2 Å². The summed E-state index contributed by atoms with van der Waals surface area (Å²) < 4.78 is 1.77. The van der Waals surface area contributed by atoms with Gasteiger partial charge in [-0.2, -0.15) is 0 Å². The molecule has 28 heavy (non-hydrogen) atoms. The minimum absolute atomic E-state index is 0.0225. The number of hydrogen-bond donors (Lipinski definition) is 1. The molecule has 1 aromatic heterocycles. The van der Waals surface area contributed by atoms with Gasteiger partial charge in [0, 0.05) is 12.6 Å². The van der Waals surface area contributed by atoms with Gasteiger partial charge < -0.3 is 5.32 Å². The summed E-state index contributed by atoms with van der Waals surface area (Å²) in [5.41, 5.74) is 0.628. The highest BCUT2D eigenvalue weighted by Crippen LogP contribution is 2.27.